The van der Waals surface area contributed by atoms with Gasteiger partial charge in [0.2, 0.25) is 6.79 Å². The predicted octanol–water partition coefficient (Wildman–Crippen LogP) is 2.81. The van der Waals surface area contributed by atoms with Crippen LogP contribution in [-0.4, -0.2) is 33.8 Å². The molecule has 3 aromatic rings. The van der Waals surface area contributed by atoms with Gasteiger partial charge >= 0.3 is 6.01 Å². The Bertz CT molecular complexity index is 887. The number of benzene rings is 1. The van der Waals surface area contributed by atoms with E-state index in [1.54, 1.807) is 19.5 Å². The number of aromatic nitrogens is 3. The molecule has 138 valence electrons. The van der Waals surface area contributed by atoms with Crippen molar-refractivity contribution in [3.05, 3.63) is 71.8 Å². The van der Waals surface area contributed by atoms with Crippen LogP contribution in [0.15, 0.2) is 55.1 Å². The zero-order valence-electron chi connectivity index (χ0n) is 15.0. The zero-order valence-corrected chi connectivity index (χ0v) is 15.0. The number of hydrogen-bond donors (Lipinski definition) is 0. The molecule has 0 N–H and O–H groups in total. The first-order valence-electron chi connectivity index (χ1n) is 8.65. The van der Waals surface area contributed by atoms with Crippen molar-refractivity contribution in [2.75, 3.05) is 13.9 Å². The second-order valence-electron chi connectivity index (χ2n) is 6.27. The van der Waals surface area contributed by atoms with E-state index >= 15 is 0 Å². The first-order chi connectivity index (χ1) is 13.3. The van der Waals surface area contributed by atoms with E-state index in [1.807, 2.05) is 36.7 Å². The minimum Gasteiger partial charge on any atom is -0.467 e. The summed E-state index contributed by atoms with van der Waals surface area (Å²) < 4.78 is 15.9. The van der Waals surface area contributed by atoms with Gasteiger partial charge < -0.3 is 14.2 Å². The molecule has 1 aromatic carbocycles. The second-order valence-corrected chi connectivity index (χ2v) is 6.27. The standard InChI is InChI=1S/C20H20N4O3/c1-25-20-22-9-17(10-23-20)13-24(11-15-4-6-21-7-5-15)12-16-2-3-18-19(8-16)27-14-26-18/h2-10H,11-14H2,1H3. The predicted molar refractivity (Wildman–Crippen MR) is 98.3 cm³/mol. The number of fused-ring (bicyclic) bond motifs is 1. The average molecular weight is 364 g/mol. The lowest BCUT2D eigenvalue weighted by atomic mass is 10.1. The third kappa shape index (κ3) is 4.32. The molecule has 0 amide bonds. The summed E-state index contributed by atoms with van der Waals surface area (Å²) in [4.78, 5) is 14.8. The van der Waals surface area contributed by atoms with E-state index in [4.69, 9.17) is 14.2 Å². The van der Waals surface area contributed by atoms with Gasteiger partial charge in [0.05, 0.1) is 7.11 Å². The van der Waals surface area contributed by atoms with Gasteiger partial charge in [0.25, 0.3) is 0 Å². The SMILES string of the molecule is COc1ncc(CN(Cc2ccncc2)Cc2ccc3c(c2)OCO3)cn1. The monoisotopic (exact) mass is 364 g/mol. The molecule has 27 heavy (non-hydrogen) atoms. The van der Waals surface area contributed by atoms with Crippen LogP contribution in [0.2, 0.25) is 0 Å². The molecule has 0 saturated heterocycles. The van der Waals surface area contributed by atoms with Crippen LogP contribution in [0.5, 0.6) is 17.5 Å². The lowest BCUT2D eigenvalue weighted by Crippen LogP contribution is -2.22. The molecular weight excluding hydrogens is 344 g/mol. The third-order valence-electron chi connectivity index (χ3n) is 4.27. The molecule has 0 atom stereocenters. The van der Waals surface area contributed by atoms with Crippen molar-refractivity contribution in [2.24, 2.45) is 0 Å². The van der Waals surface area contributed by atoms with Gasteiger partial charge in [-0.2, -0.15) is 0 Å². The van der Waals surface area contributed by atoms with Crippen LogP contribution in [0.25, 0.3) is 0 Å². The number of rotatable bonds is 7. The van der Waals surface area contributed by atoms with Crippen molar-refractivity contribution in [1.29, 1.82) is 0 Å². The summed E-state index contributed by atoms with van der Waals surface area (Å²) >= 11 is 0. The van der Waals surface area contributed by atoms with Gasteiger partial charge in [0.15, 0.2) is 11.5 Å². The van der Waals surface area contributed by atoms with Crippen LogP contribution in [-0.2, 0) is 19.6 Å². The molecule has 0 saturated carbocycles. The summed E-state index contributed by atoms with van der Waals surface area (Å²) in [5.41, 5.74) is 3.37. The molecule has 7 heteroatoms. The molecule has 0 fully saturated rings. The van der Waals surface area contributed by atoms with Crippen LogP contribution in [0.3, 0.4) is 0 Å². The fourth-order valence-corrected chi connectivity index (χ4v) is 3.00. The highest BCUT2D eigenvalue weighted by Crippen LogP contribution is 2.33. The van der Waals surface area contributed by atoms with Crippen molar-refractivity contribution in [3.8, 4) is 17.5 Å². The van der Waals surface area contributed by atoms with Gasteiger partial charge in [-0.15, -0.1) is 0 Å². The highest BCUT2D eigenvalue weighted by atomic mass is 16.7. The Hall–Kier alpha value is -3.19. The highest BCUT2D eigenvalue weighted by Gasteiger charge is 2.15. The first-order valence-corrected chi connectivity index (χ1v) is 8.65. The lowest BCUT2D eigenvalue weighted by molar-refractivity contribution is 0.174. The summed E-state index contributed by atoms with van der Waals surface area (Å²) in [6.45, 7) is 2.53. The molecule has 3 heterocycles. The summed E-state index contributed by atoms with van der Waals surface area (Å²) in [7, 11) is 1.56. The van der Waals surface area contributed by atoms with Crippen molar-refractivity contribution in [3.63, 3.8) is 0 Å². The molecule has 0 radical (unpaired) electrons. The fourth-order valence-electron chi connectivity index (χ4n) is 3.00. The molecule has 0 bridgehead atoms. The average Bonchev–Trinajstić information content (AvgIpc) is 3.17. The Balaban J connectivity index is 1.53. The maximum Gasteiger partial charge on any atom is 0.316 e. The molecule has 0 unspecified atom stereocenters. The van der Waals surface area contributed by atoms with E-state index in [9.17, 15) is 0 Å². The van der Waals surface area contributed by atoms with E-state index in [1.165, 1.54) is 5.56 Å². The molecular formula is C20H20N4O3. The minimum atomic E-state index is 0.280. The normalized spacial score (nSPS) is 12.4. The van der Waals surface area contributed by atoms with Gasteiger partial charge in [-0.05, 0) is 35.4 Å². The number of nitrogens with zero attached hydrogens (tertiary/aromatic N) is 4. The molecule has 2 aromatic heterocycles. The first kappa shape index (κ1) is 17.2. The topological polar surface area (TPSA) is 69.6 Å². The van der Waals surface area contributed by atoms with Gasteiger partial charge in [0, 0.05) is 50.0 Å². The van der Waals surface area contributed by atoms with Crippen molar-refractivity contribution >= 4 is 0 Å². The molecule has 0 aliphatic carbocycles. The van der Waals surface area contributed by atoms with E-state index in [0.29, 0.717) is 12.6 Å². The molecule has 1 aliphatic rings. The summed E-state index contributed by atoms with van der Waals surface area (Å²) in [6.07, 6.45) is 7.21. The van der Waals surface area contributed by atoms with Gasteiger partial charge in [-0.3, -0.25) is 9.88 Å². The van der Waals surface area contributed by atoms with E-state index in [-0.39, 0.29) is 6.79 Å². The van der Waals surface area contributed by atoms with Gasteiger partial charge in [0.1, 0.15) is 0 Å². The lowest BCUT2D eigenvalue weighted by Gasteiger charge is -2.22. The quantitative estimate of drug-likeness (QED) is 0.638. The van der Waals surface area contributed by atoms with Crippen LogP contribution in [0, 0.1) is 0 Å². The summed E-state index contributed by atoms with van der Waals surface area (Å²) in [6, 6.07) is 10.5. The number of methoxy groups -OCH3 is 1. The molecule has 0 spiro atoms. The highest BCUT2D eigenvalue weighted by molar-refractivity contribution is 5.44. The van der Waals surface area contributed by atoms with Crippen molar-refractivity contribution in [1.82, 2.24) is 19.9 Å². The fraction of sp³-hybridized carbons (Fsp3) is 0.250. The van der Waals surface area contributed by atoms with Crippen LogP contribution in [0.4, 0.5) is 0 Å². The number of ether oxygens (including phenoxy) is 3. The van der Waals surface area contributed by atoms with Crippen LogP contribution < -0.4 is 14.2 Å². The summed E-state index contributed by atoms with van der Waals surface area (Å²) in [5, 5.41) is 0. The zero-order chi connectivity index (χ0) is 18.5. The Morgan fingerprint density at radius 1 is 0.889 bits per heavy atom. The Morgan fingerprint density at radius 2 is 1.59 bits per heavy atom. The van der Waals surface area contributed by atoms with Gasteiger partial charge in [-0.1, -0.05) is 6.07 Å². The number of hydrogen-bond acceptors (Lipinski definition) is 7. The molecule has 7 nitrogen and oxygen atoms in total. The Kier molecular flexibility index (Phi) is 5.11. The maximum atomic E-state index is 5.50. The largest absolute Gasteiger partial charge is 0.467 e. The third-order valence-corrected chi connectivity index (χ3v) is 4.27. The van der Waals surface area contributed by atoms with Crippen LogP contribution in [0.1, 0.15) is 16.7 Å². The minimum absolute atomic E-state index is 0.280. The molecule has 1 aliphatic heterocycles. The Labute approximate surface area is 157 Å². The van der Waals surface area contributed by atoms with E-state index in [2.05, 4.69) is 25.9 Å². The molecule has 4 rings (SSSR count). The number of pyridine rings is 1. The Morgan fingerprint density at radius 3 is 2.37 bits per heavy atom. The van der Waals surface area contributed by atoms with E-state index < -0.39 is 0 Å². The maximum absolute atomic E-state index is 5.50. The van der Waals surface area contributed by atoms with E-state index in [0.717, 1.165) is 35.7 Å². The van der Waals surface area contributed by atoms with Crippen molar-refractivity contribution in [2.45, 2.75) is 19.6 Å². The summed E-state index contributed by atoms with van der Waals surface area (Å²) in [5.74, 6) is 1.59. The second kappa shape index (κ2) is 8.01. The van der Waals surface area contributed by atoms with Crippen LogP contribution >= 0.6 is 0 Å². The van der Waals surface area contributed by atoms with Crippen molar-refractivity contribution < 1.29 is 14.2 Å². The van der Waals surface area contributed by atoms with Gasteiger partial charge in [-0.25, -0.2) is 9.97 Å². The smallest absolute Gasteiger partial charge is 0.316 e.